The largest absolute Gasteiger partial charge is 0.481 e. The SMILES string of the molecule is CSCCC(NC(=O)OCC1c2ccccc2-c2ccccc21)C(=O)N(CCC(=O)O)Cc1ccccc1. The Morgan fingerprint density at radius 2 is 1.55 bits per heavy atom. The number of aliphatic carboxylic acids is 1. The molecule has 0 aliphatic heterocycles. The Bertz CT molecular complexity index is 1220. The summed E-state index contributed by atoms with van der Waals surface area (Å²) < 4.78 is 5.67. The molecule has 1 atom stereocenters. The van der Waals surface area contributed by atoms with Crippen LogP contribution in [0.15, 0.2) is 78.9 Å². The molecule has 0 saturated heterocycles. The molecular formula is C30H32N2O5S. The molecule has 0 radical (unpaired) electrons. The molecule has 1 aliphatic rings. The first-order chi connectivity index (χ1) is 18.5. The summed E-state index contributed by atoms with van der Waals surface area (Å²) in [7, 11) is 0. The normalized spacial score (nSPS) is 12.8. The molecule has 0 spiro atoms. The van der Waals surface area contributed by atoms with Gasteiger partial charge < -0.3 is 20.1 Å². The summed E-state index contributed by atoms with van der Waals surface area (Å²) in [6.07, 6.45) is 1.49. The summed E-state index contributed by atoms with van der Waals surface area (Å²) in [6.45, 7) is 0.455. The molecule has 1 unspecified atom stereocenters. The van der Waals surface area contributed by atoms with E-state index in [0.717, 1.165) is 27.8 Å². The molecule has 3 aromatic carbocycles. The minimum atomic E-state index is -0.985. The van der Waals surface area contributed by atoms with Gasteiger partial charge in [-0.05, 0) is 46.2 Å². The number of hydrogen-bond acceptors (Lipinski definition) is 5. The first-order valence-corrected chi connectivity index (χ1v) is 14.0. The maximum atomic E-state index is 13.5. The molecule has 38 heavy (non-hydrogen) atoms. The number of thioether (sulfide) groups is 1. The van der Waals surface area contributed by atoms with Crippen LogP contribution in [0.3, 0.4) is 0 Å². The van der Waals surface area contributed by atoms with E-state index in [9.17, 15) is 19.5 Å². The number of rotatable bonds is 12. The molecule has 4 rings (SSSR count). The maximum absolute atomic E-state index is 13.5. The molecule has 1 aliphatic carbocycles. The third kappa shape index (κ3) is 6.75. The van der Waals surface area contributed by atoms with Gasteiger partial charge in [-0.15, -0.1) is 0 Å². The second kappa shape index (κ2) is 13.1. The predicted octanol–water partition coefficient (Wildman–Crippen LogP) is 5.15. The number of ether oxygens (including phenoxy) is 1. The molecule has 0 saturated carbocycles. The lowest BCUT2D eigenvalue weighted by atomic mass is 9.98. The van der Waals surface area contributed by atoms with Gasteiger partial charge in [0.15, 0.2) is 0 Å². The van der Waals surface area contributed by atoms with Gasteiger partial charge in [-0.1, -0.05) is 78.9 Å². The van der Waals surface area contributed by atoms with Gasteiger partial charge in [0.25, 0.3) is 0 Å². The van der Waals surface area contributed by atoms with Crippen LogP contribution < -0.4 is 5.32 Å². The number of carboxylic acid groups (broad SMARTS) is 1. The van der Waals surface area contributed by atoms with E-state index in [2.05, 4.69) is 29.6 Å². The average molecular weight is 533 g/mol. The second-order valence-corrected chi connectivity index (χ2v) is 10.2. The van der Waals surface area contributed by atoms with Crippen LogP contribution in [0, 0.1) is 0 Å². The molecule has 3 aromatic rings. The van der Waals surface area contributed by atoms with E-state index in [1.54, 1.807) is 11.8 Å². The van der Waals surface area contributed by atoms with Crippen molar-refractivity contribution in [3.8, 4) is 11.1 Å². The fourth-order valence-corrected chi connectivity index (χ4v) is 5.27. The number of carbonyl (C=O) groups is 3. The van der Waals surface area contributed by atoms with Gasteiger partial charge in [0.1, 0.15) is 12.6 Å². The summed E-state index contributed by atoms with van der Waals surface area (Å²) in [5, 5.41) is 12.0. The van der Waals surface area contributed by atoms with Crippen molar-refractivity contribution in [1.29, 1.82) is 0 Å². The number of carboxylic acids is 1. The van der Waals surface area contributed by atoms with E-state index in [-0.39, 0.29) is 37.9 Å². The monoisotopic (exact) mass is 532 g/mol. The van der Waals surface area contributed by atoms with Crippen molar-refractivity contribution >= 4 is 29.7 Å². The summed E-state index contributed by atoms with van der Waals surface area (Å²) in [4.78, 5) is 39.2. The highest BCUT2D eigenvalue weighted by Crippen LogP contribution is 2.44. The Labute approximate surface area is 227 Å². The van der Waals surface area contributed by atoms with E-state index in [1.165, 1.54) is 4.90 Å². The lowest BCUT2D eigenvalue weighted by Crippen LogP contribution is -2.49. The first kappa shape index (κ1) is 27.3. The maximum Gasteiger partial charge on any atom is 0.407 e. The molecule has 8 heteroatoms. The molecule has 7 nitrogen and oxygen atoms in total. The van der Waals surface area contributed by atoms with Crippen molar-refractivity contribution in [1.82, 2.24) is 10.2 Å². The lowest BCUT2D eigenvalue weighted by molar-refractivity contribution is -0.139. The number of nitrogens with zero attached hydrogens (tertiary/aromatic N) is 1. The number of carbonyl (C=O) groups excluding carboxylic acids is 2. The Morgan fingerprint density at radius 1 is 0.947 bits per heavy atom. The minimum Gasteiger partial charge on any atom is -0.481 e. The molecule has 198 valence electrons. The highest BCUT2D eigenvalue weighted by Gasteiger charge is 2.31. The molecule has 2 amide bonds. The van der Waals surface area contributed by atoms with Crippen molar-refractivity contribution in [2.24, 2.45) is 0 Å². The van der Waals surface area contributed by atoms with E-state index in [1.807, 2.05) is 60.9 Å². The summed E-state index contributed by atoms with van der Waals surface area (Å²) >= 11 is 1.57. The Hall–Kier alpha value is -3.78. The van der Waals surface area contributed by atoms with Crippen LogP contribution in [0.2, 0.25) is 0 Å². The smallest absolute Gasteiger partial charge is 0.407 e. The molecule has 0 aromatic heterocycles. The number of alkyl carbamates (subject to hydrolysis) is 1. The van der Waals surface area contributed by atoms with Crippen molar-refractivity contribution < 1.29 is 24.2 Å². The predicted molar refractivity (Wildman–Crippen MR) is 149 cm³/mol. The van der Waals surface area contributed by atoms with Crippen LogP contribution in [0.1, 0.15) is 35.4 Å². The Kier molecular flexibility index (Phi) is 9.43. The van der Waals surface area contributed by atoms with Gasteiger partial charge in [0.2, 0.25) is 5.91 Å². The third-order valence-corrected chi connectivity index (χ3v) is 7.31. The summed E-state index contributed by atoms with van der Waals surface area (Å²) in [5.74, 6) is -0.740. The number of amides is 2. The number of hydrogen-bond donors (Lipinski definition) is 2. The zero-order chi connectivity index (χ0) is 26.9. The molecule has 0 fully saturated rings. The fraction of sp³-hybridized carbons (Fsp3) is 0.300. The minimum absolute atomic E-state index is 0.0468. The van der Waals surface area contributed by atoms with Gasteiger partial charge in [-0.25, -0.2) is 4.79 Å². The quantitative estimate of drug-likeness (QED) is 0.335. The second-order valence-electron chi connectivity index (χ2n) is 9.19. The van der Waals surface area contributed by atoms with Crippen LogP contribution >= 0.6 is 11.8 Å². The van der Waals surface area contributed by atoms with E-state index in [0.29, 0.717) is 12.2 Å². The van der Waals surface area contributed by atoms with Crippen LogP contribution in [0.5, 0.6) is 0 Å². The van der Waals surface area contributed by atoms with E-state index in [4.69, 9.17) is 4.74 Å². The Balaban J connectivity index is 1.45. The van der Waals surface area contributed by atoms with Gasteiger partial charge in [0.05, 0.1) is 6.42 Å². The van der Waals surface area contributed by atoms with Gasteiger partial charge in [0, 0.05) is 19.0 Å². The first-order valence-electron chi connectivity index (χ1n) is 12.6. The van der Waals surface area contributed by atoms with Crippen LogP contribution in [-0.2, 0) is 20.9 Å². The third-order valence-electron chi connectivity index (χ3n) is 6.67. The molecular weight excluding hydrogens is 500 g/mol. The standard InChI is InChI=1S/C30H32N2O5S/c1-38-18-16-27(29(35)32(17-15-28(33)34)19-21-9-3-2-4-10-21)31-30(36)37-20-26-24-13-7-5-11-22(24)23-12-6-8-14-25(23)26/h2-14,26-27H,15-20H2,1H3,(H,31,36)(H,33,34). The number of fused-ring (bicyclic) bond motifs is 3. The van der Waals surface area contributed by atoms with E-state index < -0.39 is 18.1 Å². The van der Waals surface area contributed by atoms with Gasteiger partial charge >= 0.3 is 12.1 Å². The van der Waals surface area contributed by atoms with Crippen LogP contribution in [0.25, 0.3) is 11.1 Å². The highest BCUT2D eigenvalue weighted by atomic mass is 32.2. The fourth-order valence-electron chi connectivity index (χ4n) is 4.80. The van der Waals surface area contributed by atoms with Crippen molar-refractivity contribution in [2.45, 2.75) is 31.3 Å². The van der Waals surface area contributed by atoms with Crippen molar-refractivity contribution in [2.75, 3.05) is 25.2 Å². The van der Waals surface area contributed by atoms with Crippen LogP contribution in [-0.4, -0.2) is 59.2 Å². The zero-order valence-electron chi connectivity index (χ0n) is 21.3. The topological polar surface area (TPSA) is 95.9 Å². The van der Waals surface area contributed by atoms with Crippen molar-refractivity contribution in [3.63, 3.8) is 0 Å². The van der Waals surface area contributed by atoms with Crippen LogP contribution in [0.4, 0.5) is 4.79 Å². The van der Waals surface area contributed by atoms with Crippen molar-refractivity contribution in [3.05, 3.63) is 95.6 Å². The van der Waals surface area contributed by atoms with Gasteiger partial charge in [-0.2, -0.15) is 11.8 Å². The summed E-state index contributed by atoms with van der Waals surface area (Å²) in [5.41, 5.74) is 5.38. The van der Waals surface area contributed by atoms with Gasteiger partial charge in [-0.3, -0.25) is 9.59 Å². The molecule has 0 heterocycles. The summed E-state index contributed by atoms with van der Waals surface area (Å²) in [6, 6.07) is 24.8. The zero-order valence-corrected chi connectivity index (χ0v) is 22.2. The Morgan fingerprint density at radius 3 is 2.16 bits per heavy atom. The number of benzene rings is 3. The number of nitrogens with one attached hydrogen (secondary N) is 1. The lowest BCUT2D eigenvalue weighted by Gasteiger charge is -2.28. The van der Waals surface area contributed by atoms with E-state index >= 15 is 0 Å². The molecule has 2 N–H and O–H groups in total. The highest BCUT2D eigenvalue weighted by molar-refractivity contribution is 7.98. The average Bonchev–Trinajstić information content (AvgIpc) is 3.26. The molecule has 0 bridgehead atoms.